The normalized spacial score (nSPS) is 11.0. The van der Waals surface area contributed by atoms with E-state index in [2.05, 4.69) is 20.8 Å². The van der Waals surface area contributed by atoms with Crippen molar-refractivity contribution in [3.63, 3.8) is 0 Å². The lowest BCUT2D eigenvalue weighted by atomic mass is 10.2. The molecule has 0 saturated carbocycles. The van der Waals surface area contributed by atoms with E-state index < -0.39 is 0 Å². The van der Waals surface area contributed by atoms with E-state index in [1.807, 2.05) is 27.7 Å². The lowest BCUT2D eigenvalue weighted by molar-refractivity contribution is -0.119. The summed E-state index contributed by atoms with van der Waals surface area (Å²) < 4.78 is 5.16. The zero-order valence-electron chi connectivity index (χ0n) is 15.7. The molecule has 1 aromatic carbocycles. The Labute approximate surface area is 153 Å². The van der Waals surface area contributed by atoms with Crippen LogP contribution in [0.1, 0.15) is 58.2 Å². The van der Waals surface area contributed by atoms with Crippen LogP contribution in [0.15, 0.2) is 28.8 Å². The minimum atomic E-state index is -0.0788. The number of aromatic nitrogens is 2. The molecule has 26 heavy (non-hydrogen) atoms. The van der Waals surface area contributed by atoms with E-state index in [1.54, 1.807) is 24.3 Å². The number of benzene rings is 1. The molecule has 2 N–H and O–H groups in total. The third-order valence-corrected chi connectivity index (χ3v) is 3.76. The molecule has 2 amide bonds. The number of carbonyl (C=O) groups excluding carboxylic acids is 2. The lowest BCUT2D eigenvalue weighted by Crippen LogP contribution is -2.17. The number of hydrogen-bond acceptors (Lipinski definition) is 5. The SMILES string of the molecule is CC(C)C(=O)Nc1ccc(NC(=O)CCCc2nc(C(C)C)no2)cc1. The van der Waals surface area contributed by atoms with Gasteiger partial charge in [-0.2, -0.15) is 4.98 Å². The molecule has 1 heterocycles. The highest BCUT2D eigenvalue weighted by atomic mass is 16.5. The number of nitrogens with zero attached hydrogens (tertiary/aromatic N) is 2. The lowest BCUT2D eigenvalue weighted by Gasteiger charge is -2.09. The van der Waals surface area contributed by atoms with Crippen LogP contribution in [-0.2, 0) is 16.0 Å². The van der Waals surface area contributed by atoms with Gasteiger partial charge in [0.1, 0.15) is 0 Å². The van der Waals surface area contributed by atoms with Gasteiger partial charge in [0, 0.05) is 36.1 Å². The summed E-state index contributed by atoms with van der Waals surface area (Å²) in [6.07, 6.45) is 1.58. The molecule has 140 valence electrons. The number of carbonyl (C=O) groups is 2. The second kappa shape index (κ2) is 9.12. The van der Waals surface area contributed by atoms with Crippen LogP contribution in [0.4, 0.5) is 11.4 Å². The van der Waals surface area contributed by atoms with Gasteiger partial charge in [-0.15, -0.1) is 0 Å². The maximum atomic E-state index is 12.0. The van der Waals surface area contributed by atoms with Crippen molar-refractivity contribution in [1.82, 2.24) is 10.1 Å². The fraction of sp³-hybridized carbons (Fsp3) is 0.474. The summed E-state index contributed by atoms with van der Waals surface area (Å²) in [4.78, 5) is 28.0. The predicted octanol–water partition coefficient (Wildman–Crippen LogP) is 3.75. The summed E-state index contributed by atoms with van der Waals surface area (Å²) in [6, 6.07) is 7.06. The Morgan fingerprint density at radius 1 is 1.04 bits per heavy atom. The molecule has 0 aliphatic carbocycles. The van der Waals surface area contributed by atoms with Crippen LogP contribution >= 0.6 is 0 Å². The molecule has 0 unspecified atom stereocenters. The van der Waals surface area contributed by atoms with Gasteiger partial charge in [-0.3, -0.25) is 9.59 Å². The van der Waals surface area contributed by atoms with E-state index in [1.165, 1.54) is 0 Å². The van der Waals surface area contributed by atoms with Gasteiger partial charge in [-0.1, -0.05) is 32.9 Å². The van der Waals surface area contributed by atoms with Crippen molar-refractivity contribution in [2.24, 2.45) is 5.92 Å². The highest BCUT2D eigenvalue weighted by Crippen LogP contribution is 2.15. The predicted molar refractivity (Wildman–Crippen MR) is 99.9 cm³/mol. The highest BCUT2D eigenvalue weighted by molar-refractivity contribution is 5.93. The topological polar surface area (TPSA) is 97.1 Å². The van der Waals surface area contributed by atoms with Crippen LogP contribution in [0, 0.1) is 5.92 Å². The van der Waals surface area contributed by atoms with Gasteiger partial charge in [0.15, 0.2) is 5.82 Å². The van der Waals surface area contributed by atoms with Crippen LogP contribution in [-0.4, -0.2) is 22.0 Å². The molecular formula is C19H26N4O3. The van der Waals surface area contributed by atoms with Crippen molar-refractivity contribution < 1.29 is 14.1 Å². The van der Waals surface area contributed by atoms with Crippen LogP contribution in [0.5, 0.6) is 0 Å². The highest BCUT2D eigenvalue weighted by Gasteiger charge is 2.11. The average Bonchev–Trinajstić information content (AvgIpc) is 3.05. The van der Waals surface area contributed by atoms with Crippen molar-refractivity contribution in [1.29, 1.82) is 0 Å². The third-order valence-electron chi connectivity index (χ3n) is 3.76. The summed E-state index contributed by atoms with van der Waals surface area (Å²) in [5.74, 6) is 1.28. The van der Waals surface area contributed by atoms with E-state index >= 15 is 0 Å². The van der Waals surface area contributed by atoms with Crippen molar-refractivity contribution in [2.45, 2.75) is 52.9 Å². The van der Waals surface area contributed by atoms with Gasteiger partial charge < -0.3 is 15.2 Å². The Morgan fingerprint density at radius 2 is 1.65 bits per heavy atom. The Morgan fingerprint density at radius 3 is 2.19 bits per heavy atom. The van der Waals surface area contributed by atoms with Crippen LogP contribution in [0.25, 0.3) is 0 Å². The number of amides is 2. The maximum absolute atomic E-state index is 12.0. The summed E-state index contributed by atoms with van der Waals surface area (Å²) in [6.45, 7) is 7.67. The zero-order valence-corrected chi connectivity index (χ0v) is 15.7. The number of hydrogen-bond donors (Lipinski definition) is 2. The second-order valence-electron chi connectivity index (χ2n) is 6.82. The van der Waals surface area contributed by atoms with E-state index in [4.69, 9.17) is 4.52 Å². The van der Waals surface area contributed by atoms with Gasteiger partial charge in [0.05, 0.1) is 0 Å². The maximum Gasteiger partial charge on any atom is 0.226 e. The number of anilines is 2. The van der Waals surface area contributed by atoms with Crippen molar-refractivity contribution >= 4 is 23.2 Å². The van der Waals surface area contributed by atoms with E-state index in [9.17, 15) is 9.59 Å². The average molecular weight is 358 g/mol. The molecule has 0 spiro atoms. The quantitative estimate of drug-likeness (QED) is 0.749. The number of nitrogens with one attached hydrogen (secondary N) is 2. The Bertz CT molecular complexity index is 735. The Hall–Kier alpha value is -2.70. The molecule has 7 heteroatoms. The van der Waals surface area contributed by atoms with Gasteiger partial charge in [-0.25, -0.2) is 0 Å². The van der Waals surface area contributed by atoms with E-state index in [-0.39, 0.29) is 23.7 Å². The minimum absolute atomic E-state index is 0.0385. The molecule has 0 bridgehead atoms. The van der Waals surface area contributed by atoms with E-state index in [0.29, 0.717) is 42.4 Å². The fourth-order valence-corrected chi connectivity index (χ4v) is 2.15. The Balaban J connectivity index is 1.75. The first kappa shape index (κ1) is 19.6. The molecule has 2 rings (SSSR count). The monoisotopic (exact) mass is 358 g/mol. The summed E-state index contributed by atoms with van der Waals surface area (Å²) in [7, 11) is 0. The fourth-order valence-electron chi connectivity index (χ4n) is 2.15. The summed E-state index contributed by atoms with van der Waals surface area (Å²) in [5.41, 5.74) is 1.40. The first-order valence-electron chi connectivity index (χ1n) is 8.88. The van der Waals surface area contributed by atoms with Crippen LogP contribution in [0.2, 0.25) is 0 Å². The number of aryl methyl sites for hydroxylation is 1. The van der Waals surface area contributed by atoms with Gasteiger partial charge >= 0.3 is 0 Å². The molecule has 2 aromatic rings. The molecule has 0 saturated heterocycles. The third kappa shape index (κ3) is 5.98. The molecule has 1 aromatic heterocycles. The second-order valence-corrected chi connectivity index (χ2v) is 6.82. The summed E-state index contributed by atoms with van der Waals surface area (Å²) in [5, 5.41) is 9.55. The van der Waals surface area contributed by atoms with E-state index in [0.717, 1.165) is 0 Å². The van der Waals surface area contributed by atoms with Gasteiger partial charge in [0.25, 0.3) is 0 Å². The largest absolute Gasteiger partial charge is 0.339 e. The first-order chi connectivity index (χ1) is 12.3. The van der Waals surface area contributed by atoms with Crippen molar-refractivity contribution in [2.75, 3.05) is 10.6 Å². The molecule has 0 aliphatic rings. The first-order valence-corrected chi connectivity index (χ1v) is 8.88. The zero-order chi connectivity index (χ0) is 19.1. The number of rotatable bonds is 8. The molecule has 7 nitrogen and oxygen atoms in total. The van der Waals surface area contributed by atoms with Crippen LogP contribution < -0.4 is 10.6 Å². The summed E-state index contributed by atoms with van der Waals surface area (Å²) >= 11 is 0. The molecule has 0 atom stereocenters. The van der Waals surface area contributed by atoms with Crippen molar-refractivity contribution in [3.05, 3.63) is 36.0 Å². The van der Waals surface area contributed by atoms with Crippen LogP contribution in [0.3, 0.4) is 0 Å². The minimum Gasteiger partial charge on any atom is -0.339 e. The molecule has 0 radical (unpaired) electrons. The Kier molecular flexibility index (Phi) is 6.89. The molecule has 0 fully saturated rings. The standard InChI is InChI=1S/C19H26N4O3/c1-12(2)18-22-17(26-23-18)7-5-6-16(24)20-14-8-10-15(11-9-14)21-19(25)13(3)4/h8-13H,5-7H2,1-4H3,(H,20,24)(H,21,25). The van der Waals surface area contributed by atoms with Gasteiger partial charge in [0.2, 0.25) is 17.7 Å². The van der Waals surface area contributed by atoms with Crippen molar-refractivity contribution in [3.8, 4) is 0 Å². The van der Waals surface area contributed by atoms with Gasteiger partial charge in [-0.05, 0) is 30.7 Å². The molecular weight excluding hydrogens is 332 g/mol. The molecule has 0 aliphatic heterocycles. The smallest absolute Gasteiger partial charge is 0.226 e.